The molecule has 0 aliphatic heterocycles. The van der Waals surface area contributed by atoms with Crippen molar-refractivity contribution in [3.63, 3.8) is 0 Å². The molecule has 0 amide bonds. The Hall–Kier alpha value is 0.210. The molecule has 0 bridgehead atoms. The van der Waals surface area contributed by atoms with Crippen molar-refractivity contribution in [3.05, 3.63) is 11.3 Å². The van der Waals surface area contributed by atoms with Gasteiger partial charge in [0.2, 0.25) is 0 Å². The van der Waals surface area contributed by atoms with Gasteiger partial charge in [0.25, 0.3) is 0 Å². The van der Waals surface area contributed by atoms with Gasteiger partial charge in [-0.3, -0.25) is 4.79 Å². The Balaban J connectivity index is 0. The van der Waals surface area contributed by atoms with Gasteiger partial charge in [0, 0.05) is 0 Å². The van der Waals surface area contributed by atoms with Crippen molar-refractivity contribution in [2.45, 2.75) is 20.8 Å². The summed E-state index contributed by atoms with van der Waals surface area (Å²) in [5.74, 6) is -0.282. The van der Waals surface area contributed by atoms with Crippen molar-refractivity contribution in [3.8, 4) is 0 Å². The fourth-order valence-electron chi connectivity index (χ4n) is 0.248. The quantitative estimate of drug-likeness (QED) is 0.222. The third-order valence-electron chi connectivity index (χ3n) is 1.06. The van der Waals surface area contributed by atoms with E-state index >= 15 is 0 Å². The SMILES string of the molecule is CC(=O)C(C)=C(C)[O-].[Na+]. The van der Waals surface area contributed by atoms with Gasteiger partial charge in [-0.25, -0.2) is 0 Å². The minimum Gasteiger partial charge on any atom is -0.875 e. The summed E-state index contributed by atoms with van der Waals surface area (Å²) >= 11 is 0. The van der Waals surface area contributed by atoms with Crippen LogP contribution in [0, 0.1) is 0 Å². The van der Waals surface area contributed by atoms with Crippen LogP contribution in [0.15, 0.2) is 11.3 Å². The Morgan fingerprint density at radius 3 is 1.56 bits per heavy atom. The van der Waals surface area contributed by atoms with E-state index in [1.165, 1.54) is 20.8 Å². The van der Waals surface area contributed by atoms with Crippen LogP contribution in [-0.4, -0.2) is 5.78 Å². The van der Waals surface area contributed by atoms with Crippen molar-refractivity contribution >= 4 is 5.78 Å². The average molecular weight is 136 g/mol. The summed E-state index contributed by atoms with van der Waals surface area (Å²) in [4.78, 5) is 10.3. The number of ketones is 1. The summed E-state index contributed by atoms with van der Waals surface area (Å²) in [6.07, 6.45) is 0. The number of carbonyl (C=O) groups is 1. The van der Waals surface area contributed by atoms with E-state index in [1.54, 1.807) is 0 Å². The maximum absolute atomic E-state index is 10.3. The Bertz CT molecular complexity index is 134. The minimum atomic E-state index is -0.141. The van der Waals surface area contributed by atoms with Crippen molar-refractivity contribution in [2.75, 3.05) is 0 Å². The van der Waals surface area contributed by atoms with Crippen LogP contribution in [-0.2, 0) is 4.79 Å². The van der Waals surface area contributed by atoms with E-state index in [-0.39, 0.29) is 41.1 Å². The first kappa shape index (κ1) is 11.9. The zero-order chi connectivity index (χ0) is 6.73. The summed E-state index contributed by atoms with van der Waals surface area (Å²) in [7, 11) is 0. The number of rotatable bonds is 1. The molecular weight excluding hydrogens is 127 g/mol. The molecule has 3 heteroatoms. The van der Waals surface area contributed by atoms with Gasteiger partial charge in [-0.05, 0) is 19.4 Å². The molecule has 0 radical (unpaired) electrons. The van der Waals surface area contributed by atoms with Gasteiger partial charge in [0.05, 0.1) is 0 Å². The van der Waals surface area contributed by atoms with Crippen LogP contribution in [0.5, 0.6) is 0 Å². The number of Topliss-reactive ketones (excluding diaryl/α,β-unsaturated/α-hetero) is 1. The minimum absolute atomic E-state index is 0. The second-order valence-electron chi connectivity index (χ2n) is 1.74. The Morgan fingerprint density at radius 1 is 1.22 bits per heavy atom. The zero-order valence-electron chi connectivity index (χ0n) is 6.32. The fourth-order valence-corrected chi connectivity index (χ4v) is 0.248. The van der Waals surface area contributed by atoms with Crippen LogP contribution in [0.25, 0.3) is 0 Å². The molecular formula is C6H9NaO2. The first-order chi connectivity index (χ1) is 3.55. The average Bonchev–Trinajstić information content (AvgIpc) is 1.64. The molecule has 0 atom stereocenters. The third-order valence-corrected chi connectivity index (χ3v) is 1.06. The van der Waals surface area contributed by atoms with Crippen LogP contribution < -0.4 is 34.7 Å². The van der Waals surface area contributed by atoms with Gasteiger partial charge in [0.15, 0.2) is 5.78 Å². The maximum atomic E-state index is 10.3. The third kappa shape index (κ3) is 4.70. The molecule has 0 aromatic heterocycles. The van der Waals surface area contributed by atoms with E-state index < -0.39 is 0 Å². The summed E-state index contributed by atoms with van der Waals surface area (Å²) < 4.78 is 0. The van der Waals surface area contributed by atoms with Crippen LogP contribution in [0.4, 0.5) is 0 Å². The number of hydrogen-bond donors (Lipinski definition) is 0. The van der Waals surface area contributed by atoms with Gasteiger partial charge >= 0.3 is 29.6 Å². The van der Waals surface area contributed by atoms with Crippen LogP contribution in [0.1, 0.15) is 20.8 Å². The first-order valence-electron chi connectivity index (χ1n) is 2.41. The van der Waals surface area contributed by atoms with Crippen LogP contribution in [0.3, 0.4) is 0 Å². The van der Waals surface area contributed by atoms with Crippen molar-refractivity contribution in [2.24, 2.45) is 0 Å². The van der Waals surface area contributed by atoms with Gasteiger partial charge in [-0.15, -0.1) is 5.76 Å². The number of hydrogen-bond acceptors (Lipinski definition) is 2. The molecule has 9 heavy (non-hydrogen) atoms. The van der Waals surface area contributed by atoms with Crippen molar-refractivity contribution in [1.29, 1.82) is 0 Å². The smallest absolute Gasteiger partial charge is 0.875 e. The Morgan fingerprint density at radius 2 is 1.56 bits per heavy atom. The van der Waals surface area contributed by atoms with E-state index in [4.69, 9.17) is 0 Å². The molecule has 0 aliphatic carbocycles. The van der Waals surface area contributed by atoms with Crippen molar-refractivity contribution < 1.29 is 39.5 Å². The molecule has 0 aromatic carbocycles. The molecule has 0 heterocycles. The summed E-state index contributed by atoms with van der Waals surface area (Å²) in [5, 5.41) is 10.3. The monoisotopic (exact) mass is 136 g/mol. The van der Waals surface area contributed by atoms with E-state index in [0.29, 0.717) is 5.57 Å². The molecule has 0 unspecified atom stereocenters. The van der Waals surface area contributed by atoms with Gasteiger partial charge in [0.1, 0.15) is 0 Å². The van der Waals surface area contributed by atoms with Gasteiger partial charge in [-0.2, -0.15) is 0 Å². The first-order valence-corrected chi connectivity index (χ1v) is 2.41. The topological polar surface area (TPSA) is 40.1 Å². The number of allylic oxidation sites excluding steroid dienone is 2. The van der Waals surface area contributed by atoms with Crippen LogP contribution >= 0.6 is 0 Å². The standard InChI is InChI=1S/C6H10O2.Na/c1-4(5(2)7)6(3)8;/h7H,1-3H3;/q;+1/p-1. The molecule has 0 aromatic rings. The predicted octanol–water partition coefficient (Wildman–Crippen LogP) is -2.77. The predicted molar refractivity (Wildman–Crippen MR) is 29.1 cm³/mol. The molecule has 0 fully saturated rings. The largest absolute Gasteiger partial charge is 1.00 e. The van der Waals surface area contributed by atoms with Crippen molar-refractivity contribution in [1.82, 2.24) is 0 Å². The molecule has 2 nitrogen and oxygen atoms in total. The maximum Gasteiger partial charge on any atom is 1.00 e. The molecule has 0 saturated heterocycles. The second kappa shape index (κ2) is 5.03. The van der Waals surface area contributed by atoms with E-state index in [0.717, 1.165) is 0 Å². The van der Waals surface area contributed by atoms with E-state index in [1.807, 2.05) is 0 Å². The van der Waals surface area contributed by atoms with E-state index in [2.05, 4.69) is 0 Å². The zero-order valence-corrected chi connectivity index (χ0v) is 8.32. The summed E-state index contributed by atoms with van der Waals surface area (Å²) in [5.41, 5.74) is 0.324. The van der Waals surface area contributed by atoms with E-state index in [9.17, 15) is 9.90 Å². The number of carbonyl (C=O) groups excluding carboxylic acids is 1. The summed E-state index contributed by atoms with van der Waals surface area (Å²) in [6, 6.07) is 0. The molecule has 0 rings (SSSR count). The molecule has 46 valence electrons. The van der Waals surface area contributed by atoms with Crippen LogP contribution in [0.2, 0.25) is 0 Å². The normalized spacial score (nSPS) is 11.4. The Kier molecular flexibility index (Phi) is 6.68. The molecule has 0 N–H and O–H groups in total. The molecule has 0 aliphatic rings. The molecule has 0 spiro atoms. The fraction of sp³-hybridized carbons (Fsp3) is 0.500. The Labute approximate surface area is 77.2 Å². The molecule has 0 saturated carbocycles. The van der Waals surface area contributed by atoms with Gasteiger partial charge < -0.3 is 5.11 Å². The summed E-state index contributed by atoms with van der Waals surface area (Å²) in [6.45, 7) is 4.30. The second-order valence-corrected chi connectivity index (χ2v) is 1.74. The van der Waals surface area contributed by atoms with Gasteiger partial charge in [-0.1, -0.05) is 6.92 Å².